The van der Waals surface area contributed by atoms with E-state index in [1.807, 2.05) is 138 Å². The molecule has 35 heteroatoms. The van der Waals surface area contributed by atoms with Gasteiger partial charge >= 0.3 is 24.1 Å². The number of carbonyl (C=O) groups is 4. The average Bonchev–Trinajstić information content (AvgIpc) is 1.60. The number of imidazole rings is 4. The van der Waals surface area contributed by atoms with E-state index in [-0.39, 0.29) is 42.9 Å². The van der Waals surface area contributed by atoms with Gasteiger partial charge in [-0.05, 0) is 118 Å². The van der Waals surface area contributed by atoms with E-state index in [0.717, 1.165) is 272 Å². The van der Waals surface area contributed by atoms with Gasteiger partial charge in [0.15, 0.2) is 0 Å². The highest BCUT2D eigenvalue weighted by atomic mass is 19.3. The van der Waals surface area contributed by atoms with Crippen LogP contribution in [0, 0.1) is 20.8 Å². The molecule has 18 heterocycles. The maximum atomic E-state index is 13.8. The quantitative estimate of drug-likeness (QED) is 0.0883. The van der Waals surface area contributed by atoms with Crippen molar-refractivity contribution < 1.29 is 42.2 Å². The molecule has 5 fully saturated rings. The van der Waals surface area contributed by atoms with Crippen LogP contribution in [0.3, 0.4) is 0 Å². The Morgan fingerprint density at radius 2 is 0.614 bits per heavy atom. The lowest BCUT2D eigenvalue weighted by Crippen LogP contribution is -2.43. The second kappa shape index (κ2) is 38.5. The molecule has 140 heavy (non-hydrogen) atoms. The van der Waals surface area contributed by atoms with Gasteiger partial charge in [-0.15, -0.1) is 0 Å². The second-order valence-electron chi connectivity index (χ2n) is 38.3. The minimum Gasteiger partial charge on any atom is -0.381 e. The van der Waals surface area contributed by atoms with Crippen LogP contribution >= 0.6 is 0 Å². The highest BCUT2D eigenvalue weighted by molar-refractivity contribution is 6.01. The van der Waals surface area contributed by atoms with E-state index < -0.39 is 5.92 Å². The molecule has 0 atom stereocenters. The van der Waals surface area contributed by atoms with Crippen molar-refractivity contribution in [2.45, 2.75) is 173 Å². The van der Waals surface area contributed by atoms with Crippen molar-refractivity contribution in [3.05, 3.63) is 209 Å². The molecular formula is C105H118F2N26O7. The van der Waals surface area contributed by atoms with Gasteiger partial charge in [0.2, 0.25) is 5.92 Å². The number of fused-ring (bicyclic) bond motifs is 8. The molecule has 4 aromatic carbocycles. The van der Waals surface area contributed by atoms with Crippen LogP contribution in [0.2, 0.25) is 0 Å². The van der Waals surface area contributed by atoms with Crippen LogP contribution in [0.5, 0.6) is 0 Å². The third-order valence-corrected chi connectivity index (χ3v) is 29.3. The summed E-state index contributed by atoms with van der Waals surface area (Å²) in [7, 11) is 12.4. The fourth-order valence-electron chi connectivity index (χ4n) is 21.9. The second-order valence-corrected chi connectivity index (χ2v) is 38.3. The van der Waals surface area contributed by atoms with Gasteiger partial charge in [0.05, 0.1) is 106 Å². The lowest BCUT2D eigenvalue weighted by molar-refractivity contribution is -0.0892. The van der Waals surface area contributed by atoms with Crippen LogP contribution in [0.25, 0.3) is 122 Å². The molecule has 0 radical (unpaired) electrons. The minimum absolute atomic E-state index is 0.0440. The van der Waals surface area contributed by atoms with Gasteiger partial charge in [0, 0.05) is 293 Å². The molecule has 8 amide bonds. The van der Waals surface area contributed by atoms with E-state index in [9.17, 15) is 28.0 Å². The summed E-state index contributed by atoms with van der Waals surface area (Å²) < 4.78 is 58.8. The van der Waals surface area contributed by atoms with Crippen molar-refractivity contribution in [1.82, 2.24) is 128 Å². The summed E-state index contributed by atoms with van der Waals surface area (Å²) in [5.41, 5.74) is 21.6. The Hall–Kier alpha value is -14.2. The van der Waals surface area contributed by atoms with E-state index >= 15 is 0 Å². The molecule has 0 spiro atoms. The molecule has 11 aromatic heterocycles. The molecule has 2 aliphatic carbocycles. The van der Waals surface area contributed by atoms with Crippen LogP contribution in [-0.4, -0.2) is 231 Å². The number of nitrogens with zero attached hydrogens (tertiary/aromatic N) is 22. The van der Waals surface area contributed by atoms with E-state index in [2.05, 4.69) is 123 Å². The van der Waals surface area contributed by atoms with Crippen molar-refractivity contribution >= 4 is 67.2 Å². The number of amides is 8. The number of pyridine rings is 4. The number of benzene rings is 4. The van der Waals surface area contributed by atoms with Gasteiger partial charge in [0.1, 0.15) is 23.3 Å². The Morgan fingerprint density at radius 3 is 0.886 bits per heavy atom. The average molecular weight is 1890 g/mol. The standard InChI is InChI=1S/C27H31N7O2.C27H33N5O3.C26H27F2N7O.C25H27N7O/c1-17-22(15-32(3)31-17)23-13-19-5-4-6-20(21(19)14-29-23)25-24-16-33(27(35)28-2)9-10-34(24)26(30-25)18-7-11-36-12-8-18;1-28-27(33)31-9-10-32-24(17-31)25(30-26(32)19-7-13-35-14-8-19)21-4-2-3-20-15-23(29-16-22(20)21)18-5-11-34-12-6-18;1-15-20(13-33(3)32-15)21-9-16-5-4-6-18(19(16)12-30-21)23-22-14-34(25(36)29-2)7-8-35(22)24(31-23)17-10-26(27,28)11-17;1-15-20(13-30(3)29-15)21-11-17-5-4-6-18(19(17)12-27-21)23-22-14-31(25(33)26-2)9-10-32(22)24(28-23)16-7-8-16/h4-6,13-15,18H,7-12,16H2,1-3H3,(H,28,35);2-4,15-16,18-19H,5-14,17H2,1H3,(H,28,33);4-6,9,12-13,17H,7-8,10-11,14H2,1-3H3,(H,29,36);4-6,11-13,16H,7-10,14H2,1-3H3,(H,26,33). The lowest BCUT2D eigenvalue weighted by atomic mass is 9.80. The molecule has 7 aliphatic heterocycles. The normalized spacial score (nSPS) is 17.2. The third-order valence-electron chi connectivity index (χ3n) is 29.3. The van der Waals surface area contributed by atoms with Crippen molar-refractivity contribution in [1.29, 1.82) is 0 Å². The summed E-state index contributed by atoms with van der Waals surface area (Å²) >= 11 is 0. The Labute approximate surface area is 809 Å². The maximum Gasteiger partial charge on any atom is 0.317 e. The van der Waals surface area contributed by atoms with Crippen molar-refractivity contribution in [3.8, 4) is 78.8 Å². The first-order chi connectivity index (χ1) is 68.0. The molecule has 724 valence electrons. The zero-order valence-electron chi connectivity index (χ0n) is 80.9. The Bertz CT molecular complexity index is 7270. The number of hydrogen-bond acceptors (Lipinski definition) is 18. The van der Waals surface area contributed by atoms with Crippen LogP contribution in [0.15, 0.2) is 140 Å². The number of rotatable bonds is 12. The Morgan fingerprint density at radius 1 is 0.343 bits per heavy atom. The number of alkyl halides is 2. The number of ether oxygens (including phenoxy) is 3. The summed E-state index contributed by atoms with van der Waals surface area (Å²) in [6.07, 6.45) is 21.7. The van der Waals surface area contributed by atoms with Crippen molar-refractivity contribution in [2.24, 2.45) is 21.1 Å². The van der Waals surface area contributed by atoms with Crippen molar-refractivity contribution in [3.63, 3.8) is 0 Å². The largest absolute Gasteiger partial charge is 0.381 e. The molecule has 0 bridgehead atoms. The Balaban J connectivity index is 0.000000111. The molecule has 0 unspecified atom stereocenters. The lowest BCUT2D eigenvalue weighted by Gasteiger charge is -2.36. The topological polar surface area (TPSA) is 333 Å². The third kappa shape index (κ3) is 17.9. The number of urea groups is 4. The first-order valence-corrected chi connectivity index (χ1v) is 49.0. The molecule has 3 saturated heterocycles. The highest BCUT2D eigenvalue weighted by Crippen LogP contribution is 2.51. The van der Waals surface area contributed by atoms with Gasteiger partial charge in [-0.2, -0.15) is 15.3 Å². The van der Waals surface area contributed by atoms with Gasteiger partial charge in [-0.1, -0.05) is 72.8 Å². The molecule has 15 aromatic rings. The van der Waals surface area contributed by atoms with Gasteiger partial charge in [-0.3, -0.25) is 34.0 Å². The van der Waals surface area contributed by atoms with Crippen molar-refractivity contribution in [2.75, 3.05) is 94.0 Å². The molecule has 33 nitrogen and oxygen atoms in total. The van der Waals surface area contributed by atoms with E-state index in [4.69, 9.17) is 54.1 Å². The first-order valence-electron chi connectivity index (χ1n) is 49.0. The number of halogens is 2. The van der Waals surface area contributed by atoms with Crippen LogP contribution in [0.4, 0.5) is 28.0 Å². The number of nitrogens with one attached hydrogen (secondary N) is 4. The molecule has 2 saturated carbocycles. The number of hydrogen-bond donors (Lipinski definition) is 4. The SMILES string of the molecule is CNC(=O)N1CCn2c(C3CC(F)(F)C3)nc(-c3cccc4cc(-c5cn(C)nc5C)ncc34)c2C1.CNC(=O)N1CCn2c(C3CC3)nc(-c3cccc4cc(-c5cn(C)nc5C)ncc34)c2C1.CNC(=O)N1CCn2c(C3CCOCC3)nc(-c3cccc4cc(-c5cn(C)nc5C)ncc34)c2C1.CNC(=O)N1CCn2c(C3CCOCC3)nc(-c3cccc4cc(C5CCOCC5)ncc34)c2C1. The number of carbonyl (C=O) groups excluding carboxylic acids is 4. The molecule has 4 N–H and O–H groups in total. The minimum atomic E-state index is -2.63. The molecular weight excluding hydrogens is 1780 g/mol. The van der Waals surface area contributed by atoms with Gasteiger partial charge < -0.3 is 73.3 Å². The van der Waals surface area contributed by atoms with Gasteiger partial charge in [0.25, 0.3) is 0 Å². The number of aryl methyl sites for hydroxylation is 6. The summed E-state index contributed by atoms with van der Waals surface area (Å²) in [5, 5.41) is 32.9. The predicted octanol–water partition coefficient (Wildman–Crippen LogP) is 16.2. The highest BCUT2D eigenvalue weighted by Gasteiger charge is 2.49. The predicted molar refractivity (Wildman–Crippen MR) is 529 cm³/mol. The smallest absolute Gasteiger partial charge is 0.317 e. The maximum absolute atomic E-state index is 13.8. The summed E-state index contributed by atoms with van der Waals surface area (Å²) in [6, 6.07) is 33.3. The van der Waals surface area contributed by atoms with Crippen LogP contribution < -0.4 is 21.3 Å². The zero-order chi connectivity index (χ0) is 96.5. The summed E-state index contributed by atoms with van der Waals surface area (Å²) in [4.78, 5) is 97.0. The van der Waals surface area contributed by atoms with Gasteiger partial charge in [-0.25, -0.2) is 47.9 Å². The number of aromatic nitrogens is 18. The Kier molecular flexibility index (Phi) is 25.4. The zero-order valence-corrected chi connectivity index (χ0v) is 80.9. The molecule has 24 rings (SSSR count). The fraction of sp³-hybridized carbons (Fsp3) is 0.419. The van der Waals surface area contributed by atoms with Crippen LogP contribution in [0.1, 0.15) is 163 Å². The summed E-state index contributed by atoms with van der Waals surface area (Å²) in [6.45, 7) is 18.1. The van der Waals surface area contributed by atoms with E-state index in [1.165, 1.54) is 24.1 Å². The molecule has 9 aliphatic rings. The monoisotopic (exact) mass is 1890 g/mol. The van der Waals surface area contributed by atoms with Crippen LogP contribution in [-0.2, 0) is 87.7 Å². The first kappa shape index (κ1) is 92.2. The van der Waals surface area contributed by atoms with E-state index in [1.54, 1.807) is 37.8 Å². The summed E-state index contributed by atoms with van der Waals surface area (Å²) in [5.74, 6) is 2.94. The fourth-order valence-corrected chi connectivity index (χ4v) is 21.9. The van der Waals surface area contributed by atoms with E-state index in [0.29, 0.717) is 88.4 Å².